The molecule has 256 valence electrons. The fourth-order valence-electron chi connectivity index (χ4n) is 6.73. The molecule has 0 spiro atoms. The highest BCUT2D eigenvalue weighted by Crippen LogP contribution is 2.36. The van der Waals surface area contributed by atoms with Gasteiger partial charge in [-0.3, -0.25) is 14.7 Å². The van der Waals surface area contributed by atoms with Gasteiger partial charge in [0.25, 0.3) is 5.91 Å². The van der Waals surface area contributed by atoms with Crippen LogP contribution in [0.2, 0.25) is 0 Å². The second-order valence-corrected chi connectivity index (χ2v) is 13.4. The fourth-order valence-corrected chi connectivity index (χ4v) is 6.73. The van der Waals surface area contributed by atoms with Crippen LogP contribution >= 0.6 is 0 Å². The number of ether oxygens (including phenoxy) is 2. The van der Waals surface area contributed by atoms with Crippen molar-refractivity contribution in [3.63, 3.8) is 0 Å². The summed E-state index contributed by atoms with van der Waals surface area (Å²) >= 11 is 0. The number of hydrogen-bond acceptors (Lipinski definition) is 7. The van der Waals surface area contributed by atoms with E-state index in [4.69, 9.17) is 9.47 Å². The highest BCUT2D eigenvalue weighted by atomic mass is 16.5. The van der Waals surface area contributed by atoms with Crippen LogP contribution in [0.3, 0.4) is 0 Å². The summed E-state index contributed by atoms with van der Waals surface area (Å²) in [7, 11) is 0. The maximum atomic E-state index is 14.2. The predicted octanol–water partition coefficient (Wildman–Crippen LogP) is 4.86. The summed E-state index contributed by atoms with van der Waals surface area (Å²) in [4.78, 5) is 46.1. The van der Waals surface area contributed by atoms with Gasteiger partial charge in [0.05, 0.1) is 18.7 Å². The third kappa shape index (κ3) is 7.53. The van der Waals surface area contributed by atoms with Gasteiger partial charge in [-0.25, -0.2) is 4.79 Å². The van der Waals surface area contributed by atoms with Crippen molar-refractivity contribution in [1.82, 2.24) is 24.9 Å². The highest BCUT2D eigenvalue weighted by molar-refractivity contribution is 5.85. The Kier molecular flexibility index (Phi) is 9.79. The monoisotopic (exact) mass is 658 g/mol. The quantitative estimate of drug-likeness (QED) is 0.299. The van der Waals surface area contributed by atoms with Crippen LogP contribution in [0, 0.1) is 5.92 Å². The van der Waals surface area contributed by atoms with E-state index in [1.165, 1.54) is 4.90 Å². The van der Waals surface area contributed by atoms with Crippen molar-refractivity contribution in [2.75, 3.05) is 50.8 Å². The molecule has 1 aliphatic carbocycles. The number of piperidine rings is 1. The Labute approximate surface area is 281 Å². The number of benzene rings is 2. The van der Waals surface area contributed by atoms with Crippen molar-refractivity contribution in [3.8, 4) is 22.6 Å². The Bertz CT molecular complexity index is 1600. The van der Waals surface area contributed by atoms with Crippen LogP contribution in [-0.4, -0.2) is 105 Å². The first-order chi connectivity index (χ1) is 23.1. The zero-order chi connectivity index (χ0) is 33.8. The van der Waals surface area contributed by atoms with Crippen LogP contribution in [-0.2, 0) is 16.1 Å². The summed E-state index contributed by atoms with van der Waals surface area (Å²) in [5.74, 6) is 1.24. The van der Waals surface area contributed by atoms with Gasteiger partial charge in [0.2, 0.25) is 5.91 Å². The molecule has 0 radical (unpaired) electrons. The molecule has 3 amide bonds. The third-order valence-electron chi connectivity index (χ3n) is 9.49. The maximum Gasteiger partial charge on any atom is 0.407 e. The normalized spacial score (nSPS) is 18.4. The van der Waals surface area contributed by atoms with Gasteiger partial charge in [-0.2, -0.15) is 5.10 Å². The number of H-pyrrole nitrogens is 1. The molecule has 2 aromatic carbocycles. The zero-order valence-corrected chi connectivity index (χ0v) is 28.1. The predicted molar refractivity (Wildman–Crippen MR) is 181 cm³/mol. The van der Waals surface area contributed by atoms with Crippen LogP contribution < -0.4 is 14.4 Å². The number of anilines is 1. The Hall–Kier alpha value is -4.74. The van der Waals surface area contributed by atoms with E-state index in [9.17, 15) is 19.5 Å². The van der Waals surface area contributed by atoms with E-state index in [2.05, 4.69) is 32.1 Å². The molecule has 6 rings (SSSR count). The number of carboxylic acid groups (broad SMARTS) is 1. The van der Waals surface area contributed by atoms with E-state index in [1.807, 2.05) is 43.5 Å². The number of nitrogens with one attached hydrogen (secondary N) is 1. The first kappa shape index (κ1) is 33.2. The van der Waals surface area contributed by atoms with Crippen LogP contribution in [0.1, 0.15) is 52.0 Å². The Morgan fingerprint density at radius 1 is 1.00 bits per heavy atom. The summed E-state index contributed by atoms with van der Waals surface area (Å²) in [6.07, 6.45) is 6.44. The van der Waals surface area contributed by atoms with Crippen LogP contribution in [0.4, 0.5) is 10.5 Å². The topological polar surface area (TPSA) is 132 Å². The SMILES string of the molecule is CCOc1cc(-c2cn[nH]c2)ccc1CN(C(=O)C1CCCN(c2cccc(OC(C)(C)C(=O)N3CCN(C(=O)O)CC3)c2)C1)C1CC1. The summed E-state index contributed by atoms with van der Waals surface area (Å²) in [5.41, 5.74) is 2.82. The van der Waals surface area contributed by atoms with Crippen molar-refractivity contribution < 1.29 is 29.0 Å². The molecule has 12 heteroatoms. The summed E-state index contributed by atoms with van der Waals surface area (Å²) < 4.78 is 12.3. The molecular formula is C36H46N6O6. The lowest BCUT2D eigenvalue weighted by atomic mass is 9.95. The molecule has 48 heavy (non-hydrogen) atoms. The molecule has 3 aliphatic rings. The van der Waals surface area contributed by atoms with Crippen LogP contribution in [0.5, 0.6) is 11.5 Å². The zero-order valence-electron chi connectivity index (χ0n) is 28.1. The van der Waals surface area contributed by atoms with Crippen molar-refractivity contribution in [1.29, 1.82) is 0 Å². The Morgan fingerprint density at radius 3 is 2.46 bits per heavy atom. The van der Waals surface area contributed by atoms with E-state index in [-0.39, 0.29) is 36.9 Å². The lowest BCUT2D eigenvalue weighted by Crippen LogP contribution is -2.56. The number of aromatic nitrogens is 2. The van der Waals surface area contributed by atoms with Crippen LogP contribution in [0.25, 0.3) is 11.1 Å². The van der Waals surface area contributed by atoms with Crippen molar-refractivity contribution >= 4 is 23.6 Å². The summed E-state index contributed by atoms with van der Waals surface area (Å²) in [5, 5.41) is 16.2. The molecule has 1 aromatic heterocycles. The van der Waals surface area contributed by atoms with Crippen molar-refractivity contribution in [2.24, 2.45) is 5.92 Å². The van der Waals surface area contributed by atoms with Crippen molar-refractivity contribution in [2.45, 2.75) is 64.6 Å². The smallest absolute Gasteiger partial charge is 0.407 e. The number of aromatic amines is 1. The lowest BCUT2D eigenvalue weighted by Gasteiger charge is -2.38. The number of hydrogen-bond donors (Lipinski definition) is 2. The number of piperazine rings is 1. The molecule has 2 saturated heterocycles. The largest absolute Gasteiger partial charge is 0.494 e. The van der Waals surface area contributed by atoms with Gasteiger partial charge >= 0.3 is 6.09 Å². The molecular weight excluding hydrogens is 612 g/mol. The molecule has 2 aliphatic heterocycles. The van der Waals surface area contributed by atoms with E-state index >= 15 is 0 Å². The minimum atomic E-state index is -1.13. The van der Waals surface area contributed by atoms with E-state index in [0.717, 1.165) is 60.4 Å². The Balaban J connectivity index is 1.11. The summed E-state index contributed by atoms with van der Waals surface area (Å²) in [6, 6.07) is 14.1. The standard InChI is InChI=1S/C36H46N6O6/c1-4-47-32-19-25(28-21-37-38-22-28)10-11-26(32)24-42(29-12-13-29)33(43)27-7-6-14-41(23-27)30-8-5-9-31(20-30)48-36(2,3)34(44)39-15-17-40(18-16-39)35(45)46/h5,8-11,19-22,27,29H,4,6-7,12-18,23-24H2,1-3H3,(H,37,38)(H,45,46). The Morgan fingerprint density at radius 2 is 1.77 bits per heavy atom. The molecule has 3 fully saturated rings. The molecule has 0 bridgehead atoms. The molecule has 3 aromatic rings. The maximum absolute atomic E-state index is 14.2. The van der Waals surface area contributed by atoms with Gasteiger partial charge in [0.15, 0.2) is 5.60 Å². The second kappa shape index (κ2) is 14.2. The number of carbonyl (C=O) groups excluding carboxylic acids is 2. The van der Waals surface area contributed by atoms with Gasteiger partial charge in [-0.05, 0) is 70.2 Å². The van der Waals surface area contributed by atoms with Gasteiger partial charge in [0.1, 0.15) is 11.5 Å². The summed E-state index contributed by atoms with van der Waals surface area (Å²) in [6.45, 7) is 9.19. The van der Waals surface area contributed by atoms with Gasteiger partial charge in [-0.1, -0.05) is 18.2 Å². The molecule has 1 unspecified atom stereocenters. The molecule has 1 atom stereocenters. The number of amides is 3. The van der Waals surface area contributed by atoms with E-state index in [1.54, 1.807) is 24.9 Å². The third-order valence-corrected chi connectivity index (χ3v) is 9.49. The molecule has 2 N–H and O–H groups in total. The highest BCUT2D eigenvalue weighted by Gasteiger charge is 2.39. The van der Waals surface area contributed by atoms with E-state index in [0.29, 0.717) is 38.5 Å². The number of rotatable bonds is 11. The fraction of sp³-hybridized carbons (Fsp3) is 0.500. The van der Waals surface area contributed by atoms with E-state index < -0.39 is 11.7 Å². The van der Waals surface area contributed by atoms with Gasteiger partial charge in [-0.15, -0.1) is 0 Å². The minimum Gasteiger partial charge on any atom is -0.494 e. The van der Waals surface area contributed by atoms with Gasteiger partial charge < -0.3 is 34.2 Å². The minimum absolute atomic E-state index is 0.132. The second-order valence-electron chi connectivity index (χ2n) is 13.4. The average molecular weight is 659 g/mol. The van der Waals surface area contributed by atoms with Crippen LogP contribution in [0.15, 0.2) is 54.9 Å². The molecule has 12 nitrogen and oxygen atoms in total. The first-order valence-electron chi connectivity index (χ1n) is 17.0. The van der Waals surface area contributed by atoms with Crippen molar-refractivity contribution in [3.05, 3.63) is 60.4 Å². The first-order valence-corrected chi connectivity index (χ1v) is 17.0. The van der Waals surface area contributed by atoms with Gasteiger partial charge in [0, 0.05) is 80.9 Å². The average Bonchev–Trinajstić information content (AvgIpc) is 3.79. The molecule has 1 saturated carbocycles. The number of carbonyl (C=O) groups is 3. The lowest BCUT2D eigenvalue weighted by molar-refractivity contribution is -0.147. The molecule has 3 heterocycles. The number of nitrogens with zero attached hydrogens (tertiary/aromatic N) is 5.